The predicted molar refractivity (Wildman–Crippen MR) is 78.0 cm³/mol. The van der Waals surface area contributed by atoms with Gasteiger partial charge in [-0.05, 0) is 59.0 Å². The van der Waals surface area contributed by atoms with Crippen molar-refractivity contribution in [2.75, 3.05) is 32.8 Å². The van der Waals surface area contributed by atoms with Crippen molar-refractivity contribution >= 4 is 0 Å². The minimum Gasteiger partial charge on any atom is -0.377 e. The molecule has 1 rings (SSSR count). The molecule has 3 heteroatoms. The molecule has 0 spiro atoms. The Labute approximate surface area is 113 Å². The molecule has 0 aromatic heterocycles. The van der Waals surface area contributed by atoms with Crippen molar-refractivity contribution in [3.8, 4) is 0 Å². The molecule has 18 heavy (non-hydrogen) atoms. The molecule has 0 amide bonds. The van der Waals surface area contributed by atoms with Gasteiger partial charge in [-0.1, -0.05) is 6.92 Å². The van der Waals surface area contributed by atoms with E-state index in [2.05, 4.69) is 37.9 Å². The van der Waals surface area contributed by atoms with E-state index in [0.717, 1.165) is 25.6 Å². The summed E-state index contributed by atoms with van der Waals surface area (Å²) in [5, 5.41) is 3.64. The van der Waals surface area contributed by atoms with Gasteiger partial charge >= 0.3 is 0 Å². The summed E-state index contributed by atoms with van der Waals surface area (Å²) in [6.07, 6.45) is 4.29. The van der Waals surface area contributed by atoms with Crippen LogP contribution in [0.25, 0.3) is 0 Å². The Kier molecular flexibility index (Phi) is 7.87. The molecule has 0 radical (unpaired) electrons. The molecule has 1 heterocycles. The Bertz CT molecular complexity index is 209. The zero-order chi connectivity index (χ0) is 13.4. The maximum Gasteiger partial charge on any atom is 0.0596 e. The quantitative estimate of drug-likeness (QED) is 0.722. The van der Waals surface area contributed by atoms with E-state index in [-0.39, 0.29) is 0 Å². The van der Waals surface area contributed by atoms with Gasteiger partial charge in [0.15, 0.2) is 0 Å². The van der Waals surface area contributed by atoms with Crippen LogP contribution in [0.1, 0.15) is 47.0 Å². The van der Waals surface area contributed by atoms with Crippen molar-refractivity contribution in [2.45, 2.75) is 59.1 Å². The van der Waals surface area contributed by atoms with E-state index in [1.165, 1.54) is 32.4 Å². The van der Waals surface area contributed by atoms with E-state index in [1.807, 2.05) is 0 Å². The van der Waals surface area contributed by atoms with Gasteiger partial charge in [-0.3, -0.25) is 0 Å². The molecular weight excluding hydrogens is 224 g/mol. The number of nitrogens with zero attached hydrogens (tertiary/aromatic N) is 1. The number of rotatable bonds is 8. The lowest BCUT2D eigenvalue weighted by Gasteiger charge is -2.36. The lowest BCUT2D eigenvalue weighted by atomic mass is 9.91. The smallest absolute Gasteiger partial charge is 0.0596 e. The fraction of sp³-hybridized carbons (Fsp3) is 1.00. The van der Waals surface area contributed by atoms with Gasteiger partial charge in [-0.2, -0.15) is 0 Å². The fourth-order valence-corrected chi connectivity index (χ4v) is 2.66. The molecule has 1 aliphatic heterocycles. The van der Waals surface area contributed by atoms with Crippen LogP contribution in [0, 0.1) is 5.92 Å². The van der Waals surface area contributed by atoms with Crippen molar-refractivity contribution in [2.24, 2.45) is 5.92 Å². The summed E-state index contributed by atoms with van der Waals surface area (Å²) in [5.41, 5.74) is 0. The molecule has 108 valence electrons. The van der Waals surface area contributed by atoms with E-state index in [9.17, 15) is 0 Å². The highest BCUT2D eigenvalue weighted by Gasteiger charge is 2.23. The summed E-state index contributed by atoms with van der Waals surface area (Å²) in [6, 6.07) is 0.652. The maximum absolute atomic E-state index is 5.65. The van der Waals surface area contributed by atoms with Crippen molar-refractivity contribution in [1.29, 1.82) is 0 Å². The summed E-state index contributed by atoms with van der Waals surface area (Å²) in [4.78, 5) is 2.57. The molecule has 0 aromatic carbocycles. The Morgan fingerprint density at radius 2 is 2.11 bits per heavy atom. The lowest BCUT2D eigenvalue weighted by Crippen LogP contribution is -2.45. The minimum atomic E-state index is 0.357. The molecule has 0 aliphatic carbocycles. The molecule has 1 saturated heterocycles. The van der Waals surface area contributed by atoms with Crippen LogP contribution < -0.4 is 5.32 Å². The summed E-state index contributed by atoms with van der Waals surface area (Å²) >= 11 is 0. The second-order valence-electron chi connectivity index (χ2n) is 5.87. The van der Waals surface area contributed by atoms with E-state index in [0.29, 0.717) is 12.1 Å². The summed E-state index contributed by atoms with van der Waals surface area (Å²) in [5.74, 6) is 0.810. The van der Waals surface area contributed by atoms with Gasteiger partial charge in [0, 0.05) is 19.1 Å². The van der Waals surface area contributed by atoms with Crippen LogP contribution in [0.3, 0.4) is 0 Å². The first kappa shape index (κ1) is 15.9. The predicted octanol–water partition coefficient (Wildman–Crippen LogP) is 2.51. The van der Waals surface area contributed by atoms with E-state index in [1.54, 1.807) is 0 Å². The van der Waals surface area contributed by atoms with E-state index < -0.39 is 0 Å². The molecule has 1 N–H and O–H groups in total. The number of ether oxygens (including phenoxy) is 1. The topological polar surface area (TPSA) is 24.5 Å². The molecule has 0 bridgehead atoms. The molecule has 1 aliphatic rings. The van der Waals surface area contributed by atoms with Gasteiger partial charge < -0.3 is 15.0 Å². The van der Waals surface area contributed by atoms with Crippen molar-refractivity contribution in [3.05, 3.63) is 0 Å². The molecule has 0 aromatic rings. The highest BCUT2D eigenvalue weighted by molar-refractivity contribution is 4.80. The van der Waals surface area contributed by atoms with Gasteiger partial charge in [0.2, 0.25) is 0 Å². The van der Waals surface area contributed by atoms with Crippen molar-refractivity contribution in [1.82, 2.24) is 10.2 Å². The highest BCUT2D eigenvalue weighted by atomic mass is 16.5. The molecule has 3 nitrogen and oxygen atoms in total. The first-order chi connectivity index (χ1) is 8.63. The summed E-state index contributed by atoms with van der Waals surface area (Å²) in [7, 11) is 0. The van der Waals surface area contributed by atoms with E-state index in [4.69, 9.17) is 4.74 Å². The standard InChI is InChI=1S/C15H32N2O/c1-5-8-16-14(4)15-7-6-9-17(12-15)10-11-18-13(2)3/h13-16H,5-12H2,1-4H3. The average Bonchev–Trinajstić information content (AvgIpc) is 2.36. The zero-order valence-electron chi connectivity index (χ0n) is 12.7. The number of likely N-dealkylation sites (tertiary alicyclic amines) is 1. The third-order valence-corrected chi connectivity index (χ3v) is 3.82. The number of hydrogen-bond acceptors (Lipinski definition) is 3. The highest BCUT2D eigenvalue weighted by Crippen LogP contribution is 2.19. The Morgan fingerprint density at radius 1 is 1.33 bits per heavy atom. The van der Waals surface area contributed by atoms with Crippen molar-refractivity contribution < 1.29 is 4.74 Å². The fourth-order valence-electron chi connectivity index (χ4n) is 2.66. The van der Waals surface area contributed by atoms with E-state index >= 15 is 0 Å². The van der Waals surface area contributed by atoms with Crippen LogP contribution >= 0.6 is 0 Å². The molecule has 0 saturated carbocycles. The first-order valence-electron chi connectivity index (χ1n) is 7.70. The summed E-state index contributed by atoms with van der Waals surface area (Å²) in [6.45, 7) is 14.4. The number of hydrogen-bond donors (Lipinski definition) is 1. The van der Waals surface area contributed by atoms with Gasteiger partial charge in [0.1, 0.15) is 0 Å². The molecular formula is C15H32N2O. The molecule has 2 atom stereocenters. The van der Waals surface area contributed by atoms with Crippen LogP contribution in [-0.4, -0.2) is 49.8 Å². The normalized spacial score (nSPS) is 23.5. The zero-order valence-corrected chi connectivity index (χ0v) is 12.7. The Hall–Kier alpha value is -0.120. The van der Waals surface area contributed by atoms with Crippen molar-refractivity contribution in [3.63, 3.8) is 0 Å². The second-order valence-corrected chi connectivity index (χ2v) is 5.87. The van der Waals surface area contributed by atoms with Gasteiger partial charge in [0.25, 0.3) is 0 Å². The van der Waals surface area contributed by atoms with Gasteiger partial charge in [-0.15, -0.1) is 0 Å². The minimum absolute atomic E-state index is 0.357. The monoisotopic (exact) mass is 256 g/mol. The average molecular weight is 256 g/mol. The van der Waals surface area contributed by atoms with Crippen LogP contribution in [-0.2, 0) is 4.74 Å². The lowest BCUT2D eigenvalue weighted by molar-refractivity contribution is 0.0460. The SMILES string of the molecule is CCCNC(C)C1CCCN(CCOC(C)C)C1. The van der Waals surface area contributed by atoms with Crippen LogP contribution in [0.15, 0.2) is 0 Å². The largest absolute Gasteiger partial charge is 0.377 e. The van der Waals surface area contributed by atoms with Crippen LogP contribution in [0.2, 0.25) is 0 Å². The summed E-state index contributed by atoms with van der Waals surface area (Å²) < 4.78 is 5.65. The maximum atomic E-state index is 5.65. The second kappa shape index (κ2) is 8.89. The first-order valence-corrected chi connectivity index (χ1v) is 7.70. The Morgan fingerprint density at radius 3 is 2.78 bits per heavy atom. The number of piperidine rings is 1. The Balaban J connectivity index is 2.22. The third kappa shape index (κ3) is 6.17. The molecule has 1 fully saturated rings. The van der Waals surface area contributed by atoms with Crippen LogP contribution in [0.5, 0.6) is 0 Å². The van der Waals surface area contributed by atoms with Gasteiger partial charge in [-0.25, -0.2) is 0 Å². The van der Waals surface area contributed by atoms with Gasteiger partial charge in [0.05, 0.1) is 12.7 Å². The number of nitrogens with one attached hydrogen (secondary N) is 1. The molecule has 2 unspecified atom stereocenters. The third-order valence-electron chi connectivity index (χ3n) is 3.82. The van der Waals surface area contributed by atoms with Crippen LogP contribution in [0.4, 0.5) is 0 Å².